The highest BCUT2D eigenvalue weighted by Crippen LogP contribution is 2.34. The molecule has 0 bridgehead atoms. The van der Waals surface area contributed by atoms with E-state index in [-0.39, 0.29) is 24.8 Å². The molecule has 0 fully saturated rings. The second-order valence-corrected chi connectivity index (χ2v) is 6.93. The Morgan fingerprint density at radius 1 is 1.03 bits per heavy atom. The van der Waals surface area contributed by atoms with Crippen LogP contribution < -0.4 is 15.8 Å². The number of halogens is 4. The van der Waals surface area contributed by atoms with E-state index in [1.54, 1.807) is 24.3 Å². The Hall–Kier alpha value is -2.22. The van der Waals surface area contributed by atoms with E-state index in [1.165, 1.54) is 6.33 Å². The van der Waals surface area contributed by atoms with Crippen molar-refractivity contribution in [2.24, 2.45) is 5.73 Å². The van der Waals surface area contributed by atoms with Crippen LogP contribution in [0, 0.1) is 0 Å². The normalized spacial score (nSPS) is 10.2. The van der Waals surface area contributed by atoms with Crippen molar-refractivity contribution in [3.8, 4) is 11.5 Å². The first-order chi connectivity index (χ1) is 13.6. The number of anilines is 2. The predicted molar refractivity (Wildman–Crippen MR) is 127 cm³/mol. The molecule has 0 amide bonds. The van der Waals surface area contributed by atoms with E-state index < -0.39 is 0 Å². The maximum Gasteiger partial charge on any atom is 0.158 e. The van der Waals surface area contributed by atoms with Crippen LogP contribution in [0.3, 0.4) is 0 Å². The minimum Gasteiger partial charge on any atom is -0.456 e. The van der Waals surface area contributed by atoms with Crippen LogP contribution >= 0.6 is 48.0 Å². The number of nitrogens with two attached hydrogens (primary N) is 1. The highest BCUT2D eigenvalue weighted by molar-refractivity contribution is 6.32. The topological polar surface area (TPSA) is 78.0 Å². The number of aromatic nitrogens is 3. The third-order valence-electron chi connectivity index (χ3n) is 4.14. The zero-order valence-electron chi connectivity index (χ0n) is 15.6. The molecule has 10 heteroatoms. The van der Waals surface area contributed by atoms with E-state index >= 15 is 0 Å². The van der Waals surface area contributed by atoms with Gasteiger partial charge in [-0.2, -0.15) is 0 Å². The highest BCUT2D eigenvalue weighted by Gasteiger charge is 2.11. The van der Waals surface area contributed by atoms with Gasteiger partial charge in [0.25, 0.3) is 0 Å². The molecule has 0 unspecified atom stereocenters. The number of hydrogen-bond donors (Lipinski definition) is 2. The minimum atomic E-state index is 0. The van der Waals surface area contributed by atoms with Gasteiger partial charge in [0.2, 0.25) is 0 Å². The molecular weight excluding hydrogens is 468 g/mol. The number of ether oxygens (including phenoxy) is 1. The molecule has 4 rings (SSSR count). The van der Waals surface area contributed by atoms with Gasteiger partial charge < -0.3 is 20.4 Å². The van der Waals surface area contributed by atoms with Crippen LogP contribution in [0.1, 0.15) is 0 Å². The molecule has 4 aromatic rings. The van der Waals surface area contributed by atoms with Crippen molar-refractivity contribution in [1.82, 2.24) is 14.5 Å². The average molecular weight is 487 g/mol. The molecule has 0 saturated heterocycles. The number of nitrogens with one attached hydrogen (secondary N) is 1. The summed E-state index contributed by atoms with van der Waals surface area (Å²) in [6.07, 6.45) is 3.47. The molecule has 0 radical (unpaired) electrons. The minimum absolute atomic E-state index is 0. The van der Waals surface area contributed by atoms with Gasteiger partial charge >= 0.3 is 0 Å². The van der Waals surface area contributed by atoms with Crippen molar-refractivity contribution in [2.75, 3.05) is 11.9 Å². The second kappa shape index (κ2) is 10.7. The molecule has 3 N–H and O–H groups in total. The van der Waals surface area contributed by atoms with Crippen LogP contribution in [-0.2, 0) is 6.54 Å². The molecule has 0 atom stereocenters. The van der Waals surface area contributed by atoms with Gasteiger partial charge in [-0.3, -0.25) is 0 Å². The van der Waals surface area contributed by atoms with Crippen molar-refractivity contribution >= 4 is 70.6 Å². The molecule has 0 spiro atoms. The summed E-state index contributed by atoms with van der Waals surface area (Å²) in [4.78, 5) is 8.68. The molecule has 2 heterocycles. The maximum atomic E-state index is 6.41. The van der Waals surface area contributed by atoms with Crippen molar-refractivity contribution in [2.45, 2.75) is 6.54 Å². The summed E-state index contributed by atoms with van der Waals surface area (Å²) in [7, 11) is 0. The average Bonchev–Trinajstić information content (AvgIpc) is 3.09. The largest absolute Gasteiger partial charge is 0.456 e. The number of nitrogens with zero attached hydrogens (tertiary/aromatic N) is 3. The standard InChI is InChI=1S/C20H17Cl2N5O.2ClH/c21-13-2-1-3-15(10-13)28-18-5-4-14(11-16(18)22)26-20-19-17(24-12-25-20)6-8-27(19)9-7-23;;/h1-6,8,10-12H,7,9,23H2,(H,24,25,26);2*1H. The van der Waals surface area contributed by atoms with Gasteiger partial charge in [0, 0.05) is 30.0 Å². The van der Waals surface area contributed by atoms with Crippen molar-refractivity contribution in [1.29, 1.82) is 0 Å². The molecule has 6 nitrogen and oxygen atoms in total. The summed E-state index contributed by atoms with van der Waals surface area (Å²) in [6.45, 7) is 1.21. The van der Waals surface area contributed by atoms with E-state index in [0.717, 1.165) is 16.7 Å². The van der Waals surface area contributed by atoms with E-state index in [2.05, 4.69) is 15.3 Å². The van der Waals surface area contributed by atoms with E-state index in [1.807, 2.05) is 35.0 Å². The maximum absolute atomic E-state index is 6.41. The SMILES string of the molecule is Cl.Cl.NCCn1ccc2ncnc(Nc3ccc(Oc4cccc(Cl)c4)c(Cl)c3)c21. The third-order valence-corrected chi connectivity index (χ3v) is 4.67. The van der Waals surface area contributed by atoms with Crippen LogP contribution in [0.2, 0.25) is 10.0 Å². The van der Waals surface area contributed by atoms with Gasteiger partial charge in [-0.25, -0.2) is 9.97 Å². The van der Waals surface area contributed by atoms with Crippen molar-refractivity contribution < 1.29 is 4.74 Å². The third kappa shape index (κ3) is 5.28. The van der Waals surface area contributed by atoms with Crippen LogP contribution in [0.15, 0.2) is 61.1 Å². The molecule has 0 aliphatic rings. The number of rotatable bonds is 6. The zero-order chi connectivity index (χ0) is 19.5. The van der Waals surface area contributed by atoms with Crippen LogP contribution in [0.25, 0.3) is 11.0 Å². The molecule has 0 saturated carbocycles. The van der Waals surface area contributed by atoms with Gasteiger partial charge in [-0.1, -0.05) is 29.3 Å². The highest BCUT2D eigenvalue weighted by atomic mass is 35.5. The van der Waals surface area contributed by atoms with Gasteiger partial charge in [0.15, 0.2) is 5.82 Å². The first kappa shape index (κ1) is 24.1. The second-order valence-electron chi connectivity index (χ2n) is 6.08. The number of benzene rings is 2. The molecule has 158 valence electrons. The predicted octanol–water partition coefficient (Wildman–Crippen LogP) is 6.08. The van der Waals surface area contributed by atoms with E-state index in [0.29, 0.717) is 40.5 Å². The Kier molecular flexibility index (Phi) is 8.58. The fourth-order valence-electron chi connectivity index (χ4n) is 2.91. The van der Waals surface area contributed by atoms with Crippen LogP contribution in [-0.4, -0.2) is 21.1 Å². The molecular formula is C20H19Cl4N5O. The quantitative estimate of drug-likeness (QED) is 0.345. The Morgan fingerprint density at radius 2 is 1.87 bits per heavy atom. The summed E-state index contributed by atoms with van der Waals surface area (Å²) in [5.74, 6) is 1.84. The van der Waals surface area contributed by atoms with Crippen molar-refractivity contribution in [3.05, 3.63) is 71.1 Å². The number of hydrogen-bond acceptors (Lipinski definition) is 5. The van der Waals surface area contributed by atoms with Crippen molar-refractivity contribution in [3.63, 3.8) is 0 Å². The van der Waals surface area contributed by atoms with Crippen LogP contribution in [0.4, 0.5) is 11.5 Å². The van der Waals surface area contributed by atoms with E-state index in [4.69, 9.17) is 33.7 Å². The Morgan fingerprint density at radius 3 is 2.60 bits per heavy atom. The van der Waals surface area contributed by atoms with Gasteiger partial charge in [-0.05, 0) is 42.5 Å². The van der Waals surface area contributed by atoms with Gasteiger partial charge in [0.05, 0.1) is 10.5 Å². The summed E-state index contributed by atoms with van der Waals surface area (Å²) in [5.41, 5.74) is 8.22. The zero-order valence-corrected chi connectivity index (χ0v) is 18.7. The lowest BCUT2D eigenvalue weighted by Gasteiger charge is -2.12. The Labute approximate surface area is 196 Å². The first-order valence-corrected chi connectivity index (χ1v) is 9.39. The van der Waals surface area contributed by atoms with Crippen LogP contribution in [0.5, 0.6) is 11.5 Å². The molecule has 2 aromatic carbocycles. The summed E-state index contributed by atoms with van der Waals surface area (Å²) >= 11 is 12.4. The lowest BCUT2D eigenvalue weighted by Crippen LogP contribution is -2.10. The Bertz CT molecular complexity index is 1140. The molecule has 30 heavy (non-hydrogen) atoms. The fourth-order valence-corrected chi connectivity index (χ4v) is 3.30. The molecule has 2 aromatic heterocycles. The lowest BCUT2D eigenvalue weighted by atomic mass is 10.3. The number of fused-ring (bicyclic) bond motifs is 1. The first-order valence-electron chi connectivity index (χ1n) is 8.64. The summed E-state index contributed by atoms with van der Waals surface area (Å²) < 4.78 is 7.84. The smallest absolute Gasteiger partial charge is 0.158 e. The van der Waals surface area contributed by atoms with Gasteiger partial charge in [0.1, 0.15) is 23.3 Å². The molecule has 0 aliphatic heterocycles. The van der Waals surface area contributed by atoms with Gasteiger partial charge in [-0.15, -0.1) is 24.8 Å². The van der Waals surface area contributed by atoms with E-state index in [9.17, 15) is 0 Å². The fraction of sp³-hybridized carbons (Fsp3) is 0.100. The summed E-state index contributed by atoms with van der Waals surface area (Å²) in [6, 6.07) is 14.5. The summed E-state index contributed by atoms with van der Waals surface area (Å²) in [5, 5.41) is 4.36. The monoisotopic (exact) mass is 485 g/mol. The lowest BCUT2D eigenvalue weighted by molar-refractivity contribution is 0.483. The molecule has 0 aliphatic carbocycles. The Balaban J connectivity index is 0.00000160.